The van der Waals surface area contributed by atoms with E-state index in [1.807, 2.05) is 91.8 Å². The zero-order valence-electron chi connectivity index (χ0n) is 15.4. The average Bonchev–Trinajstić information content (AvgIpc) is 2.69. The molecule has 0 saturated heterocycles. The number of hydrogen-bond acceptors (Lipinski definition) is 4. The molecule has 3 aromatic carbocycles. The second-order valence-electron chi connectivity index (χ2n) is 6.22. The molecule has 0 aliphatic rings. The summed E-state index contributed by atoms with van der Waals surface area (Å²) in [5.74, 6) is -0.268. The van der Waals surface area contributed by atoms with Crippen LogP contribution in [-0.4, -0.2) is 26.2 Å². The van der Waals surface area contributed by atoms with Crippen LogP contribution in [0.2, 0.25) is 0 Å². The molecular formula is C22H22N4O. The molecule has 136 valence electrons. The van der Waals surface area contributed by atoms with Crippen molar-refractivity contribution in [3.05, 3.63) is 90.0 Å². The normalized spacial score (nSPS) is 10.6. The summed E-state index contributed by atoms with van der Waals surface area (Å²) >= 11 is 0. The van der Waals surface area contributed by atoms with E-state index in [1.54, 1.807) is 12.3 Å². The minimum atomic E-state index is -0.268. The van der Waals surface area contributed by atoms with E-state index in [2.05, 4.69) is 15.8 Å². The van der Waals surface area contributed by atoms with E-state index in [0.29, 0.717) is 5.56 Å². The summed E-state index contributed by atoms with van der Waals surface area (Å²) in [6.45, 7) is 0. The molecule has 5 heteroatoms. The number of anilines is 3. The monoisotopic (exact) mass is 358 g/mol. The number of benzene rings is 3. The lowest BCUT2D eigenvalue weighted by molar-refractivity contribution is 0.0956. The summed E-state index contributed by atoms with van der Waals surface area (Å²) in [7, 11) is 3.98. The lowest BCUT2D eigenvalue weighted by Gasteiger charge is -2.12. The molecule has 2 N–H and O–H groups in total. The summed E-state index contributed by atoms with van der Waals surface area (Å²) < 4.78 is 0. The molecule has 0 aliphatic heterocycles. The summed E-state index contributed by atoms with van der Waals surface area (Å²) in [4.78, 5) is 14.5. The first kappa shape index (κ1) is 18.2. The van der Waals surface area contributed by atoms with Gasteiger partial charge in [0, 0.05) is 25.5 Å². The van der Waals surface area contributed by atoms with Crippen LogP contribution in [0.4, 0.5) is 17.1 Å². The van der Waals surface area contributed by atoms with Gasteiger partial charge in [0.2, 0.25) is 0 Å². The molecule has 0 radical (unpaired) electrons. The number of carbonyl (C=O) groups is 1. The van der Waals surface area contributed by atoms with Crippen LogP contribution < -0.4 is 15.6 Å². The highest BCUT2D eigenvalue weighted by atomic mass is 16.2. The van der Waals surface area contributed by atoms with Gasteiger partial charge in [0.15, 0.2) is 0 Å². The van der Waals surface area contributed by atoms with E-state index in [9.17, 15) is 4.79 Å². The fraction of sp³-hybridized carbons (Fsp3) is 0.0909. The quantitative estimate of drug-likeness (QED) is 0.511. The van der Waals surface area contributed by atoms with Crippen molar-refractivity contribution in [2.24, 2.45) is 5.10 Å². The van der Waals surface area contributed by atoms with E-state index in [1.165, 1.54) is 0 Å². The number of hydrazone groups is 1. The third kappa shape index (κ3) is 4.95. The van der Waals surface area contributed by atoms with Crippen molar-refractivity contribution in [3.63, 3.8) is 0 Å². The highest BCUT2D eigenvalue weighted by Gasteiger charge is 2.10. The molecular weight excluding hydrogens is 336 g/mol. The Labute approximate surface area is 159 Å². The van der Waals surface area contributed by atoms with Crippen LogP contribution in [0.5, 0.6) is 0 Å². The Morgan fingerprint density at radius 2 is 1.56 bits per heavy atom. The van der Waals surface area contributed by atoms with Crippen LogP contribution in [0, 0.1) is 0 Å². The van der Waals surface area contributed by atoms with Gasteiger partial charge >= 0.3 is 0 Å². The zero-order chi connectivity index (χ0) is 19.1. The summed E-state index contributed by atoms with van der Waals surface area (Å²) in [5, 5.41) is 7.34. The largest absolute Gasteiger partial charge is 0.378 e. The fourth-order valence-electron chi connectivity index (χ4n) is 2.55. The molecule has 0 fully saturated rings. The smallest absolute Gasteiger partial charge is 0.273 e. The third-order valence-electron chi connectivity index (χ3n) is 4.01. The topological polar surface area (TPSA) is 56.7 Å². The standard InChI is InChI=1S/C22H22N4O/c1-26(2)19-14-12-17(13-15-19)16-23-25-22(27)20-10-6-7-11-21(20)24-18-8-4-3-5-9-18/h3-16,24H,1-2H3,(H,25,27)/b23-16-. The van der Waals surface area contributed by atoms with E-state index >= 15 is 0 Å². The van der Waals surface area contributed by atoms with E-state index in [-0.39, 0.29) is 5.91 Å². The molecule has 0 bridgehead atoms. The molecule has 3 rings (SSSR count). The van der Waals surface area contributed by atoms with Gasteiger partial charge in [-0.15, -0.1) is 0 Å². The average molecular weight is 358 g/mol. The van der Waals surface area contributed by atoms with E-state index < -0.39 is 0 Å². The highest BCUT2D eigenvalue weighted by Crippen LogP contribution is 2.20. The number of nitrogens with zero attached hydrogens (tertiary/aromatic N) is 2. The van der Waals surface area contributed by atoms with Gasteiger partial charge in [0.05, 0.1) is 17.5 Å². The molecule has 0 spiro atoms. The number of rotatable bonds is 6. The number of hydrogen-bond donors (Lipinski definition) is 2. The van der Waals surface area contributed by atoms with Gasteiger partial charge in [0.1, 0.15) is 0 Å². The number of carbonyl (C=O) groups excluding carboxylic acids is 1. The lowest BCUT2D eigenvalue weighted by Crippen LogP contribution is -2.19. The first-order valence-electron chi connectivity index (χ1n) is 8.65. The fourth-order valence-corrected chi connectivity index (χ4v) is 2.55. The Balaban J connectivity index is 1.67. The van der Waals surface area contributed by atoms with Crippen LogP contribution in [0.15, 0.2) is 84.0 Å². The van der Waals surface area contributed by atoms with Crippen molar-refractivity contribution in [2.75, 3.05) is 24.3 Å². The molecule has 0 saturated carbocycles. The van der Waals surface area contributed by atoms with Crippen molar-refractivity contribution in [1.29, 1.82) is 0 Å². The minimum Gasteiger partial charge on any atom is -0.378 e. The molecule has 0 unspecified atom stereocenters. The summed E-state index contributed by atoms with van der Waals surface area (Å²) in [5.41, 5.74) is 6.79. The predicted molar refractivity (Wildman–Crippen MR) is 112 cm³/mol. The maximum absolute atomic E-state index is 12.5. The summed E-state index contributed by atoms with van der Waals surface area (Å²) in [6.07, 6.45) is 1.63. The number of nitrogens with one attached hydrogen (secondary N) is 2. The van der Waals surface area contributed by atoms with Crippen molar-refractivity contribution in [2.45, 2.75) is 0 Å². The van der Waals surface area contributed by atoms with Crippen LogP contribution in [0.3, 0.4) is 0 Å². The van der Waals surface area contributed by atoms with Crippen LogP contribution >= 0.6 is 0 Å². The molecule has 0 heterocycles. The van der Waals surface area contributed by atoms with Crippen LogP contribution in [-0.2, 0) is 0 Å². The molecule has 1 amide bonds. The van der Waals surface area contributed by atoms with Crippen molar-refractivity contribution >= 4 is 29.2 Å². The maximum atomic E-state index is 12.5. The zero-order valence-corrected chi connectivity index (χ0v) is 15.4. The Morgan fingerprint density at radius 1 is 0.889 bits per heavy atom. The highest BCUT2D eigenvalue weighted by molar-refractivity contribution is 6.00. The van der Waals surface area contributed by atoms with Gasteiger partial charge in [-0.05, 0) is 42.0 Å². The van der Waals surface area contributed by atoms with Gasteiger partial charge in [-0.1, -0.05) is 42.5 Å². The SMILES string of the molecule is CN(C)c1ccc(/C=N\NC(=O)c2ccccc2Nc2ccccc2)cc1. The Kier molecular flexibility index (Phi) is 5.84. The van der Waals surface area contributed by atoms with Crippen molar-refractivity contribution < 1.29 is 4.79 Å². The Bertz CT molecular complexity index is 919. The van der Waals surface area contributed by atoms with Crippen LogP contribution in [0.1, 0.15) is 15.9 Å². The van der Waals surface area contributed by atoms with Crippen molar-refractivity contribution in [3.8, 4) is 0 Å². The third-order valence-corrected chi connectivity index (χ3v) is 4.01. The first-order chi connectivity index (χ1) is 13.1. The second kappa shape index (κ2) is 8.67. The second-order valence-corrected chi connectivity index (χ2v) is 6.22. The van der Waals surface area contributed by atoms with E-state index in [0.717, 1.165) is 22.6 Å². The van der Waals surface area contributed by atoms with Gasteiger partial charge in [-0.25, -0.2) is 5.43 Å². The van der Waals surface area contributed by atoms with Gasteiger partial charge in [-0.3, -0.25) is 4.79 Å². The Morgan fingerprint density at radius 3 is 2.26 bits per heavy atom. The molecule has 27 heavy (non-hydrogen) atoms. The van der Waals surface area contributed by atoms with Crippen molar-refractivity contribution in [1.82, 2.24) is 5.43 Å². The maximum Gasteiger partial charge on any atom is 0.273 e. The molecule has 0 aromatic heterocycles. The minimum absolute atomic E-state index is 0.268. The molecule has 0 atom stereocenters. The van der Waals surface area contributed by atoms with Gasteiger partial charge < -0.3 is 10.2 Å². The lowest BCUT2D eigenvalue weighted by atomic mass is 10.1. The van der Waals surface area contributed by atoms with Gasteiger partial charge in [0.25, 0.3) is 5.91 Å². The molecule has 0 aliphatic carbocycles. The first-order valence-corrected chi connectivity index (χ1v) is 8.65. The van der Waals surface area contributed by atoms with E-state index in [4.69, 9.17) is 0 Å². The Hall–Kier alpha value is -3.60. The molecule has 5 nitrogen and oxygen atoms in total. The van der Waals surface area contributed by atoms with Crippen LogP contribution in [0.25, 0.3) is 0 Å². The molecule has 3 aromatic rings. The number of para-hydroxylation sites is 2. The van der Waals surface area contributed by atoms with Gasteiger partial charge in [-0.2, -0.15) is 5.10 Å². The predicted octanol–water partition coefficient (Wildman–Crippen LogP) is 4.26. The number of amides is 1. The summed E-state index contributed by atoms with van der Waals surface area (Å²) in [6, 6.07) is 25.0.